The van der Waals surface area contributed by atoms with Crippen LogP contribution in [0, 0.1) is 6.58 Å². The third-order valence-electron chi connectivity index (χ3n) is 0.147. The smallest absolute Gasteiger partial charge is 0.0714 e. The molecule has 0 aliphatic heterocycles. The molecule has 2 heteroatoms. The van der Waals surface area contributed by atoms with Crippen molar-refractivity contribution in [1.29, 1.82) is 0 Å². The number of rotatable bonds is 1. The van der Waals surface area contributed by atoms with Crippen LogP contribution in [-0.4, -0.2) is 6.21 Å². The second kappa shape index (κ2) is 3.21. The van der Waals surface area contributed by atoms with Crippen LogP contribution >= 0.6 is 0 Å². The van der Waals surface area contributed by atoms with Crippen molar-refractivity contribution in [3.05, 3.63) is 12.7 Å². The molecule has 0 N–H and O–H groups in total. The van der Waals surface area contributed by atoms with Gasteiger partial charge in [-0.15, -0.1) is 5.21 Å². The fourth-order valence-corrected chi connectivity index (χ4v) is 0.0351. The Morgan fingerprint density at radius 1 is 1.80 bits per heavy atom. The van der Waals surface area contributed by atoms with Crippen LogP contribution in [0.15, 0.2) is 11.2 Å². The maximum atomic E-state index is 8.99. The molecule has 0 aromatic carbocycles. The molecule has 0 saturated carbocycles. The van der Waals surface area contributed by atoms with Gasteiger partial charge in [-0.25, -0.2) is 0 Å². The summed E-state index contributed by atoms with van der Waals surface area (Å²) in [6.45, 7) is 4.66. The van der Waals surface area contributed by atoms with Gasteiger partial charge in [-0.05, 0) is 11.2 Å². The van der Waals surface area contributed by atoms with E-state index in [-0.39, 0.29) is 0 Å². The standard InChI is InChI=1S/C3H3NO/c1-2-3-4-5/h1-3H/b2-1?,4-3+. The highest BCUT2D eigenvalue weighted by Gasteiger charge is 1.47. The Morgan fingerprint density at radius 2 is 2.40 bits per heavy atom. The van der Waals surface area contributed by atoms with Gasteiger partial charge in [-0.2, -0.15) is 0 Å². The summed E-state index contributed by atoms with van der Waals surface area (Å²) in [6.07, 6.45) is 2.05. The minimum Gasteiger partial charge on any atom is -0.145 e. The van der Waals surface area contributed by atoms with Crippen molar-refractivity contribution in [3.63, 3.8) is 0 Å². The molecule has 0 aromatic rings. The van der Waals surface area contributed by atoms with E-state index in [0.717, 1.165) is 12.3 Å². The van der Waals surface area contributed by atoms with Gasteiger partial charge in [0.1, 0.15) is 0 Å². The number of hydrogen-bond donors (Lipinski definition) is 0. The molecule has 0 bridgehead atoms. The molecule has 0 aliphatic rings. The minimum atomic E-state index is 0.972. The average molecular weight is 69.1 g/mol. The summed E-state index contributed by atoms with van der Waals surface area (Å²) in [7, 11) is 0. The van der Waals surface area contributed by atoms with E-state index in [0.29, 0.717) is 0 Å². The number of nitrogens with zero attached hydrogens (tertiary/aromatic N) is 1. The van der Waals surface area contributed by atoms with Crippen molar-refractivity contribution >= 4 is 6.21 Å². The van der Waals surface area contributed by atoms with E-state index in [1.165, 1.54) is 0 Å². The quantitative estimate of drug-likeness (QED) is 0.315. The van der Waals surface area contributed by atoms with Crippen LogP contribution in [0.4, 0.5) is 0 Å². The van der Waals surface area contributed by atoms with E-state index in [1.807, 2.05) is 0 Å². The van der Waals surface area contributed by atoms with Crippen molar-refractivity contribution in [2.24, 2.45) is 5.16 Å². The summed E-state index contributed by atoms with van der Waals surface area (Å²) in [4.78, 5) is 0. The molecular formula is C3H3NO. The van der Waals surface area contributed by atoms with Crippen LogP contribution in [0.5, 0.6) is 0 Å². The molecule has 5 heavy (non-hydrogen) atoms. The molecule has 0 unspecified atom stereocenters. The zero-order chi connectivity index (χ0) is 4.12. The lowest BCUT2D eigenvalue weighted by Gasteiger charge is -1.50. The fourth-order valence-electron chi connectivity index (χ4n) is 0.0351. The summed E-state index contributed by atoms with van der Waals surface area (Å²) in [5.74, 6) is 0. The predicted molar refractivity (Wildman–Crippen MR) is 18.0 cm³/mol. The zero-order valence-electron chi connectivity index (χ0n) is 2.59. The molecule has 0 amide bonds. The molecule has 0 fully saturated rings. The van der Waals surface area contributed by atoms with Gasteiger partial charge in [-0.3, -0.25) is 0 Å². The Kier molecular flexibility index (Phi) is 2.70. The maximum absolute atomic E-state index is 8.99. The van der Waals surface area contributed by atoms with Gasteiger partial charge in [0.15, 0.2) is 0 Å². The van der Waals surface area contributed by atoms with E-state index >= 15 is 0 Å². The van der Waals surface area contributed by atoms with E-state index in [2.05, 4.69) is 11.7 Å². The summed E-state index contributed by atoms with van der Waals surface area (Å²) in [6, 6.07) is 0. The highest BCUT2D eigenvalue weighted by molar-refractivity contribution is 5.68. The van der Waals surface area contributed by atoms with E-state index < -0.39 is 0 Å². The summed E-state index contributed by atoms with van der Waals surface area (Å²) < 4.78 is 0. The molecule has 0 rings (SSSR count). The van der Waals surface area contributed by atoms with Crippen LogP contribution in [-0.2, 0) is 5.21 Å². The van der Waals surface area contributed by atoms with Crippen molar-refractivity contribution in [2.45, 2.75) is 0 Å². The van der Waals surface area contributed by atoms with Gasteiger partial charge in [0.2, 0.25) is 0 Å². The lowest BCUT2D eigenvalue weighted by atomic mass is 10.7. The maximum Gasteiger partial charge on any atom is 0.0714 e. The highest BCUT2D eigenvalue weighted by Crippen LogP contribution is 1.49. The Morgan fingerprint density at radius 3 is 2.40 bits per heavy atom. The van der Waals surface area contributed by atoms with Gasteiger partial charge in [0, 0.05) is 0 Å². The fraction of sp³-hybridized carbons (Fsp3) is 0. The third-order valence-corrected chi connectivity index (χ3v) is 0.147. The molecule has 0 saturated heterocycles. The zero-order valence-corrected chi connectivity index (χ0v) is 2.59. The largest absolute Gasteiger partial charge is 0.145 e. The normalized spacial score (nSPS) is 8.80. The van der Waals surface area contributed by atoms with E-state index in [4.69, 9.17) is 5.21 Å². The van der Waals surface area contributed by atoms with Crippen LogP contribution < -0.4 is 0 Å². The Labute approximate surface area is 30.4 Å². The Bertz CT molecular complexity index is 48.9. The van der Waals surface area contributed by atoms with Crippen molar-refractivity contribution < 1.29 is 5.21 Å². The lowest BCUT2D eigenvalue weighted by Crippen LogP contribution is -1.52. The van der Waals surface area contributed by atoms with E-state index in [1.54, 1.807) is 0 Å². The first-order chi connectivity index (χ1) is 2.41. The summed E-state index contributed by atoms with van der Waals surface area (Å²) in [5, 5.41) is 11.3. The molecule has 0 atom stereocenters. The first kappa shape index (κ1) is 4.21. The summed E-state index contributed by atoms with van der Waals surface area (Å²) >= 11 is 0. The minimum absolute atomic E-state index is 0.972. The van der Waals surface area contributed by atoms with Gasteiger partial charge in [-0.1, -0.05) is 6.58 Å². The predicted octanol–water partition coefficient (Wildman–Crippen LogP) is 0.392. The third kappa shape index (κ3) is 3.21. The second-order valence-electron chi connectivity index (χ2n) is 0.447. The lowest BCUT2D eigenvalue weighted by molar-refractivity contribution is 0.212. The molecule has 0 aliphatic carbocycles. The SMILES string of the molecule is [CH]=C/C=N/[O]. The van der Waals surface area contributed by atoms with Gasteiger partial charge >= 0.3 is 0 Å². The van der Waals surface area contributed by atoms with Crippen molar-refractivity contribution in [1.82, 2.24) is 0 Å². The monoisotopic (exact) mass is 69.0 g/mol. The van der Waals surface area contributed by atoms with Crippen LogP contribution in [0.25, 0.3) is 0 Å². The number of hydrogen-bond acceptors (Lipinski definition) is 1. The molecular weight excluding hydrogens is 66.0 g/mol. The first-order valence-corrected chi connectivity index (χ1v) is 1.11. The Hall–Kier alpha value is -0.790. The average Bonchev–Trinajstić information content (AvgIpc) is 1.41. The molecule has 2 radical (unpaired) electrons. The van der Waals surface area contributed by atoms with Gasteiger partial charge in [0.05, 0.1) is 6.21 Å². The molecule has 26 valence electrons. The Balaban J connectivity index is 2.92. The van der Waals surface area contributed by atoms with Crippen LogP contribution in [0.3, 0.4) is 0 Å². The topological polar surface area (TPSA) is 32.3 Å². The van der Waals surface area contributed by atoms with Crippen LogP contribution in [0.1, 0.15) is 0 Å². The van der Waals surface area contributed by atoms with Crippen molar-refractivity contribution in [3.8, 4) is 0 Å². The van der Waals surface area contributed by atoms with Crippen LogP contribution in [0.2, 0.25) is 0 Å². The second-order valence-corrected chi connectivity index (χ2v) is 0.447. The molecule has 0 aromatic heterocycles. The highest BCUT2D eigenvalue weighted by atomic mass is 16.4. The summed E-state index contributed by atoms with van der Waals surface area (Å²) in [5.41, 5.74) is 0. The van der Waals surface area contributed by atoms with E-state index in [9.17, 15) is 0 Å². The molecule has 2 nitrogen and oxygen atoms in total. The molecule has 0 spiro atoms. The molecule has 0 heterocycles. The van der Waals surface area contributed by atoms with Gasteiger partial charge < -0.3 is 0 Å². The van der Waals surface area contributed by atoms with Gasteiger partial charge in [0.25, 0.3) is 0 Å². The van der Waals surface area contributed by atoms with Crippen molar-refractivity contribution in [2.75, 3.05) is 0 Å². The number of allylic oxidation sites excluding steroid dienone is 1. The first-order valence-electron chi connectivity index (χ1n) is 1.11.